The van der Waals surface area contributed by atoms with Crippen LogP contribution in [0.5, 0.6) is 0 Å². The SMILES string of the molecule is CC1=CONC1(C)C=O. The zero-order valence-corrected chi connectivity index (χ0v) is 5.47. The summed E-state index contributed by atoms with van der Waals surface area (Å²) in [4.78, 5) is 15.1. The zero-order valence-electron chi connectivity index (χ0n) is 5.47. The average Bonchev–Trinajstić information content (AvgIpc) is 2.15. The molecule has 0 aromatic rings. The van der Waals surface area contributed by atoms with Crippen molar-refractivity contribution < 1.29 is 9.63 Å². The van der Waals surface area contributed by atoms with Crippen LogP contribution < -0.4 is 5.48 Å². The van der Waals surface area contributed by atoms with E-state index in [1.54, 1.807) is 6.92 Å². The van der Waals surface area contributed by atoms with E-state index < -0.39 is 5.54 Å². The van der Waals surface area contributed by atoms with Gasteiger partial charge in [0.1, 0.15) is 18.1 Å². The average molecular weight is 127 g/mol. The Balaban J connectivity index is 2.82. The highest BCUT2D eigenvalue weighted by molar-refractivity contribution is 5.69. The Morgan fingerprint density at radius 2 is 2.56 bits per heavy atom. The second kappa shape index (κ2) is 1.84. The van der Waals surface area contributed by atoms with Gasteiger partial charge in [-0.15, -0.1) is 5.48 Å². The third-order valence-corrected chi connectivity index (χ3v) is 1.56. The Morgan fingerprint density at radius 3 is 2.78 bits per heavy atom. The van der Waals surface area contributed by atoms with Crippen LogP contribution in [0.1, 0.15) is 13.8 Å². The predicted octanol–water partition coefficient (Wildman–Crippen LogP) is 0.383. The summed E-state index contributed by atoms with van der Waals surface area (Å²) >= 11 is 0. The smallest absolute Gasteiger partial charge is 0.147 e. The van der Waals surface area contributed by atoms with E-state index in [9.17, 15) is 4.79 Å². The number of hydroxylamine groups is 1. The quantitative estimate of drug-likeness (QED) is 0.517. The van der Waals surface area contributed by atoms with E-state index in [-0.39, 0.29) is 0 Å². The molecule has 1 aliphatic heterocycles. The van der Waals surface area contributed by atoms with E-state index in [4.69, 9.17) is 4.84 Å². The molecule has 0 bridgehead atoms. The van der Waals surface area contributed by atoms with E-state index >= 15 is 0 Å². The molecule has 9 heavy (non-hydrogen) atoms. The van der Waals surface area contributed by atoms with E-state index in [1.165, 1.54) is 6.26 Å². The number of nitrogens with one attached hydrogen (secondary N) is 1. The third kappa shape index (κ3) is 0.833. The summed E-state index contributed by atoms with van der Waals surface area (Å²) in [6.45, 7) is 3.60. The van der Waals surface area contributed by atoms with Crippen LogP contribution in [-0.4, -0.2) is 11.8 Å². The van der Waals surface area contributed by atoms with Crippen LogP contribution in [0, 0.1) is 0 Å². The molecule has 1 atom stereocenters. The van der Waals surface area contributed by atoms with Crippen LogP contribution >= 0.6 is 0 Å². The monoisotopic (exact) mass is 127 g/mol. The van der Waals surface area contributed by atoms with Crippen molar-refractivity contribution in [2.24, 2.45) is 0 Å². The largest absolute Gasteiger partial charge is 0.415 e. The van der Waals surface area contributed by atoms with E-state index in [0.29, 0.717) is 0 Å². The number of hydrogen-bond acceptors (Lipinski definition) is 3. The highest BCUT2D eigenvalue weighted by Gasteiger charge is 2.30. The number of carbonyl (C=O) groups excluding carboxylic acids is 1. The van der Waals surface area contributed by atoms with Crippen molar-refractivity contribution in [3.05, 3.63) is 11.8 Å². The molecule has 3 heteroatoms. The Kier molecular flexibility index (Phi) is 1.29. The molecule has 0 saturated carbocycles. The van der Waals surface area contributed by atoms with Gasteiger partial charge in [0.2, 0.25) is 0 Å². The Labute approximate surface area is 53.6 Å². The summed E-state index contributed by atoms with van der Waals surface area (Å²) in [6.07, 6.45) is 2.36. The molecular weight excluding hydrogens is 118 g/mol. The molecule has 3 nitrogen and oxygen atoms in total. The van der Waals surface area contributed by atoms with Crippen molar-refractivity contribution in [3.8, 4) is 0 Å². The van der Waals surface area contributed by atoms with Gasteiger partial charge in [-0.1, -0.05) is 0 Å². The van der Waals surface area contributed by atoms with Gasteiger partial charge < -0.3 is 9.63 Å². The second-order valence-corrected chi connectivity index (χ2v) is 2.34. The number of hydrogen-bond donors (Lipinski definition) is 1. The molecule has 0 saturated heterocycles. The van der Waals surface area contributed by atoms with Crippen LogP contribution in [0.3, 0.4) is 0 Å². The van der Waals surface area contributed by atoms with Crippen LogP contribution in [-0.2, 0) is 9.63 Å². The number of carbonyl (C=O) groups is 1. The van der Waals surface area contributed by atoms with Crippen molar-refractivity contribution in [2.75, 3.05) is 0 Å². The molecule has 1 rings (SSSR count). The van der Waals surface area contributed by atoms with Gasteiger partial charge in [-0.05, 0) is 19.4 Å². The summed E-state index contributed by atoms with van der Waals surface area (Å²) in [5, 5.41) is 0. The lowest BCUT2D eigenvalue weighted by Gasteiger charge is -2.14. The van der Waals surface area contributed by atoms with E-state index in [2.05, 4.69) is 5.48 Å². The lowest BCUT2D eigenvalue weighted by Crippen LogP contribution is -2.39. The maximum Gasteiger partial charge on any atom is 0.147 e. The van der Waals surface area contributed by atoms with Crippen LogP contribution in [0.25, 0.3) is 0 Å². The Morgan fingerprint density at radius 1 is 1.89 bits per heavy atom. The van der Waals surface area contributed by atoms with Crippen molar-refractivity contribution in [2.45, 2.75) is 19.4 Å². The van der Waals surface area contributed by atoms with Gasteiger partial charge in [0, 0.05) is 0 Å². The molecule has 0 aromatic heterocycles. The minimum absolute atomic E-state index is 0.597. The molecule has 0 fully saturated rings. The third-order valence-electron chi connectivity index (χ3n) is 1.56. The van der Waals surface area contributed by atoms with Crippen molar-refractivity contribution in [3.63, 3.8) is 0 Å². The maximum absolute atomic E-state index is 10.4. The lowest BCUT2D eigenvalue weighted by molar-refractivity contribution is -0.113. The fraction of sp³-hybridized carbons (Fsp3) is 0.500. The normalized spacial score (nSPS) is 33.3. The number of rotatable bonds is 1. The minimum atomic E-state index is -0.597. The molecule has 50 valence electrons. The molecule has 1 unspecified atom stereocenters. The summed E-state index contributed by atoms with van der Waals surface area (Å²) in [5.41, 5.74) is 2.88. The molecule has 0 radical (unpaired) electrons. The van der Waals surface area contributed by atoms with Gasteiger partial charge in [-0.3, -0.25) is 0 Å². The highest BCUT2D eigenvalue weighted by atomic mass is 16.6. The van der Waals surface area contributed by atoms with Gasteiger partial charge in [0.25, 0.3) is 0 Å². The molecule has 1 aliphatic rings. The zero-order chi connectivity index (χ0) is 6.91. The van der Waals surface area contributed by atoms with E-state index in [0.717, 1.165) is 11.9 Å². The summed E-state index contributed by atoms with van der Waals surface area (Å²) in [7, 11) is 0. The molecule has 0 amide bonds. The van der Waals surface area contributed by atoms with Gasteiger partial charge in [0.15, 0.2) is 0 Å². The molecule has 1 N–H and O–H groups in total. The van der Waals surface area contributed by atoms with Gasteiger partial charge in [-0.2, -0.15) is 0 Å². The maximum atomic E-state index is 10.4. The first-order chi connectivity index (χ1) is 4.19. The van der Waals surface area contributed by atoms with Crippen LogP contribution in [0.2, 0.25) is 0 Å². The Hall–Kier alpha value is -0.830. The topological polar surface area (TPSA) is 38.3 Å². The lowest BCUT2D eigenvalue weighted by atomic mass is 9.98. The van der Waals surface area contributed by atoms with Crippen LogP contribution in [0.15, 0.2) is 11.8 Å². The first-order valence-electron chi connectivity index (χ1n) is 2.75. The van der Waals surface area contributed by atoms with Gasteiger partial charge in [0.05, 0.1) is 0 Å². The minimum Gasteiger partial charge on any atom is -0.415 e. The molecule has 0 aromatic carbocycles. The molecule has 0 spiro atoms. The standard InChI is InChI=1S/C6H9NO2/c1-5-3-9-7-6(5,2)4-8/h3-4,7H,1-2H3. The molecular formula is C6H9NO2. The predicted molar refractivity (Wildman–Crippen MR) is 32.4 cm³/mol. The van der Waals surface area contributed by atoms with Crippen molar-refractivity contribution >= 4 is 6.29 Å². The fourth-order valence-corrected chi connectivity index (χ4v) is 0.560. The number of aldehydes is 1. The second-order valence-electron chi connectivity index (χ2n) is 2.34. The summed E-state index contributed by atoms with van der Waals surface area (Å²) in [5.74, 6) is 0. The van der Waals surface area contributed by atoms with Crippen molar-refractivity contribution in [1.82, 2.24) is 5.48 Å². The highest BCUT2D eigenvalue weighted by Crippen LogP contribution is 2.17. The first-order valence-corrected chi connectivity index (χ1v) is 2.75. The van der Waals surface area contributed by atoms with Crippen LogP contribution in [0.4, 0.5) is 0 Å². The summed E-state index contributed by atoms with van der Waals surface area (Å²) in [6, 6.07) is 0. The summed E-state index contributed by atoms with van der Waals surface area (Å²) < 4.78 is 0. The fourth-order valence-electron chi connectivity index (χ4n) is 0.560. The Bertz CT molecular complexity index is 164. The van der Waals surface area contributed by atoms with Gasteiger partial charge >= 0.3 is 0 Å². The van der Waals surface area contributed by atoms with E-state index in [1.807, 2.05) is 6.92 Å². The first kappa shape index (κ1) is 6.29. The molecule has 1 heterocycles. The van der Waals surface area contributed by atoms with Gasteiger partial charge in [-0.25, -0.2) is 0 Å². The molecule has 0 aliphatic carbocycles. The van der Waals surface area contributed by atoms with Crippen molar-refractivity contribution in [1.29, 1.82) is 0 Å².